The van der Waals surface area contributed by atoms with Crippen LogP contribution < -0.4 is 0 Å². The highest BCUT2D eigenvalue weighted by Crippen LogP contribution is 2.36. The molecule has 1 fully saturated rings. The van der Waals surface area contributed by atoms with Crippen molar-refractivity contribution in [2.24, 2.45) is 11.3 Å². The van der Waals surface area contributed by atoms with E-state index in [4.69, 9.17) is 5.11 Å². The minimum Gasteiger partial charge on any atom is -0.475 e. The van der Waals surface area contributed by atoms with Gasteiger partial charge in [0.05, 0.1) is 5.92 Å². The molecule has 0 aromatic heterocycles. The van der Waals surface area contributed by atoms with E-state index >= 15 is 0 Å². The summed E-state index contributed by atoms with van der Waals surface area (Å²) in [7, 11) is 0. The van der Waals surface area contributed by atoms with Gasteiger partial charge in [-0.05, 0) is 18.3 Å². The summed E-state index contributed by atoms with van der Waals surface area (Å²) in [6.45, 7) is 3.90. The molecule has 0 bridgehead atoms. The van der Waals surface area contributed by atoms with Gasteiger partial charge in [-0.25, -0.2) is 4.79 Å². The van der Waals surface area contributed by atoms with E-state index in [-0.39, 0.29) is 11.2 Å². The lowest BCUT2D eigenvalue weighted by molar-refractivity contribution is -0.154. The highest BCUT2D eigenvalue weighted by Gasteiger charge is 2.39. The second-order valence-corrected chi connectivity index (χ2v) is 4.57. The Balaban J connectivity index is 2.73. The molecule has 4 heteroatoms. The van der Waals surface area contributed by atoms with Crippen molar-refractivity contribution in [2.45, 2.75) is 33.1 Å². The molecule has 1 aliphatic carbocycles. The fourth-order valence-corrected chi connectivity index (χ4v) is 1.81. The van der Waals surface area contributed by atoms with Gasteiger partial charge < -0.3 is 5.11 Å². The highest BCUT2D eigenvalue weighted by molar-refractivity contribution is 6.37. The van der Waals surface area contributed by atoms with E-state index in [2.05, 4.69) is 0 Å². The van der Waals surface area contributed by atoms with Crippen LogP contribution in [0, 0.1) is 11.3 Å². The molecule has 1 aliphatic rings. The molecule has 1 N–H and O–H groups in total. The van der Waals surface area contributed by atoms with Crippen molar-refractivity contribution in [3.8, 4) is 0 Å². The summed E-state index contributed by atoms with van der Waals surface area (Å²) in [6, 6.07) is 0. The lowest BCUT2D eigenvalue weighted by atomic mass is 9.71. The number of ketones is 2. The Morgan fingerprint density at radius 1 is 1.43 bits per heavy atom. The van der Waals surface area contributed by atoms with Crippen molar-refractivity contribution in [2.75, 3.05) is 0 Å². The van der Waals surface area contributed by atoms with Gasteiger partial charge in [-0.3, -0.25) is 9.59 Å². The zero-order valence-electron chi connectivity index (χ0n) is 8.37. The monoisotopic (exact) mass is 198 g/mol. The van der Waals surface area contributed by atoms with Crippen LogP contribution in [0.5, 0.6) is 0 Å². The Kier molecular flexibility index (Phi) is 2.73. The summed E-state index contributed by atoms with van der Waals surface area (Å²) in [5.41, 5.74) is -0.0909. The van der Waals surface area contributed by atoms with Crippen molar-refractivity contribution in [3.05, 3.63) is 0 Å². The van der Waals surface area contributed by atoms with Crippen LogP contribution in [0.15, 0.2) is 0 Å². The van der Waals surface area contributed by atoms with Gasteiger partial charge in [0.25, 0.3) is 0 Å². The number of carbonyl (C=O) groups is 3. The predicted molar refractivity (Wildman–Crippen MR) is 48.8 cm³/mol. The number of carboxylic acid groups (broad SMARTS) is 1. The molecule has 0 aliphatic heterocycles. The first-order chi connectivity index (χ1) is 6.33. The number of hydrogen-bond acceptors (Lipinski definition) is 3. The second kappa shape index (κ2) is 3.52. The molecule has 1 atom stereocenters. The SMILES string of the molecule is CC1(C)CCC(C(=O)C(=O)O)C(=O)C1. The molecular formula is C10H14O4. The first-order valence-electron chi connectivity index (χ1n) is 4.63. The molecule has 0 radical (unpaired) electrons. The summed E-state index contributed by atoms with van der Waals surface area (Å²) in [5.74, 6) is -3.58. The normalized spacial score (nSPS) is 25.9. The highest BCUT2D eigenvalue weighted by atomic mass is 16.4. The van der Waals surface area contributed by atoms with Gasteiger partial charge in [-0.2, -0.15) is 0 Å². The van der Waals surface area contributed by atoms with Crippen LogP contribution in [0.25, 0.3) is 0 Å². The average molecular weight is 198 g/mol. The van der Waals surface area contributed by atoms with Crippen molar-refractivity contribution < 1.29 is 19.5 Å². The predicted octanol–water partition coefficient (Wildman–Crippen LogP) is 1.04. The minimum absolute atomic E-state index is 0.0909. The van der Waals surface area contributed by atoms with E-state index in [1.807, 2.05) is 13.8 Å². The topological polar surface area (TPSA) is 71.4 Å². The Hall–Kier alpha value is -1.19. The van der Waals surface area contributed by atoms with Crippen LogP contribution in [0.4, 0.5) is 0 Å². The molecule has 0 aromatic carbocycles. The van der Waals surface area contributed by atoms with Crippen molar-refractivity contribution in [3.63, 3.8) is 0 Å². The first kappa shape index (κ1) is 10.9. The zero-order chi connectivity index (χ0) is 10.9. The maximum absolute atomic E-state index is 11.5. The molecule has 1 rings (SSSR count). The van der Waals surface area contributed by atoms with Crippen LogP contribution in [0.2, 0.25) is 0 Å². The third-order valence-electron chi connectivity index (χ3n) is 2.68. The first-order valence-corrected chi connectivity index (χ1v) is 4.63. The van der Waals surface area contributed by atoms with Gasteiger partial charge in [0.1, 0.15) is 5.78 Å². The fourth-order valence-electron chi connectivity index (χ4n) is 1.81. The number of Topliss-reactive ketones (excluding diaryl/α,β-unsaturated/α-hetero) is 2. The van der Waals surface area contributed by atoms with Gasteiger partial charge >= 0.3 is 5.97 Å². The van der Waals surface area contributed by atoms with E-state index in [0.717, 1.165) is 6.42 Å². The van der Waals surface area contributed by atoms with Crippen LogP contribution in [0.3, 0.4) is 0 Å². The van der Waals surface area contributed by atoms with Crippen molar-refractivity contribution in [1.82, 2.24) is 0 Å². The molecular weight excluding hydrogens is 184 g/mol. The Morgan fingerprint density at radius 3 is 2.43 bits per heavy atom. The maximum atomic E-state index is 11.5. The van der Waals surface area contributed by atoms with Gasteiger partial charge in [0, 0.05) is 6.42 Å². The lowest BCUT2D eigenvalue weighted by Gasteiger charge is -2.31. The molecule has 4 nitrogen and oxygen atoms in total. The number of aliphatic carboxylic acids is 1. The van der Waals surface area contributed by atoms with E-state index in [1.165, 1.54) is 0 Å². The molecule has 0 saturated heterocycles. The summed E-state index contributed by atoms with van der Waals surface area (Å²) in [5, 5.41) is 8.48. The fraction of sp³-hybridized carbons (Fsp3) is 0.700. The molecule has 0 aromatic rings. The third kappa shape index (κ3) is 2.19. The quantitative estimate of drug-likeness (QED) is 0.531. The molecule has 0 heterocycles. The van der Waals surface area contributed by atoms with Gasteiger partial charge in [0.2, 0.25) is 5.78 Å². The van der Waals surface area contributed by atoms with Gasteiger partial charge in [0.15, 0.2) is 0 Å². The van der Waals surface area contributed by atoms with Gasteiger partial charge in [-0.15, -0.1) is 0 Å². The van der Waals surface area contributed by atoms with Crippen molar-refractivity contribution >= 4 is 17.5 Å². The van der Waals surface area contributed by atoms with Crippen LogP contribution in [-0.4, -0.2) is 22.6 Å². The molecule has 78 valence electrons. The summed E-state index contributed by atoms with van der Waals surface area (Å²) in [4.78, 5) is 33.0. The Labute approximate surface area is 82.3 Å². The number of carboxylic acids is 1. The maximum Gasteiger partial charge on any atom is 0.372 e. The van der Waals surface area contributed by atoms with E-state index < -0.39 is 17.7 Å². The molecule has 1 unspecified atom stereocenters. The molecule has 0 spiro atoms. The summed E-state index contributed by atoms with van der Waals surface area (Å²) >= 11 is 0. The summed E-state index contributed by atoms with van der Waals surface area (Å²) in [6.07, 6.45) is 1.40. The number of carbonyl (C=O) groups excluding carboxylic acids is 2. The Morgan fingerprint density at radius 2 is 2.00 bits per heavy atom. The zero-order valence-corrected chi connectivity index (χ0v) is 8.37. The van der Waals surface area contributed by atoms with Crippen molar-refractivity contribution in [1.29, 1.82) is 0 Å². The van der Waals surface area contributed by atoms with Crippen LogP contribution in [0.1, 0.15) is 33.1 Å². The molecule has 14 heavy (non-hydrogen) atoms. The number of hydrogen-bond donors (Lipinski definition) is 1. The van der Waals surface area contributed by atoms with Crippen LogP contribution in [-0.2, 0) is 14.4 Å². The van der Waals surface area contributed by atoms with E-state index in [9.17, 15) is 14.4 Å². The average Bonchev–Trinajstić information content (AvgIpc) is 2.01. The summed E-state index contributed by atoms with van der Waals surface area (Å²) < 4.78 is 0. The van der Waals surface area contributed by atoms with Gasteiger partial charge in [-0.1, -0.05) is 13.8 Å². The van der Waals surface area contributed by atoms with E-state index in [0.29, 0.717) is 12.8 Å². The van der Waals surface area contributed by atoms with E-state index in [1.54, 1.807) is 0 Å². The Bertz CT molecular complexity index is 290. The van der Waals surface area contributed by atoms with Crippen LogP contribution >= 0.6 is 0 Å². The largest absolute Gasteiger partial charge is 0.475 e. The third-order valence-corrected chi connectivity index (χ3v) is 2.68. The lowest BCUT2D eigenvalue weighted by Crippen LogP contribution is -2.37. The standard InChI is InChI=1S/C10H14O4/c1-10(2)4-3-6(7(11)5-10)8(12)9(13)14/h6H,3-5H2,1-2H3,(H,13,14). The second-order valence-electron chi connectivity index (χ2n) is 4.57. The smallest absolute Gasteiger partial charge is 0.372 e. The molecule has 1 saturated carbocycles. The minimum atomic E-state index is -1.50. The number of rotatable bonds is 2. The molecule has 0 amide bonds.